The van der Waals surface area contributed by atoms with E-state index < -0.39 is 5.41 Å². The van der Waals surface area contributed by atoms with Crippen LogP contribution in [0.2, 0.25) is 0 Å². The van der Waals surface area contributed by atoms with Crippen LogP contribution in [-0.2, 0) is 10.8 Å². The smallest absolute Gasteiger partial charge is 0.0726 e. The highest BCUT2D eigenvalue weighted by atomic mass is 15.1. The van der Waals surface area contributed by atoms with E-state index >= 15 is 0 Å². The van der Waals surface area contributed by atoms with Crippen LogP contribution in [-0.4, -0.2) is 0 Å². The number of hydrogen-bond acceptors (Lipinski definition) is 1. The van der Waals surface area contributed by atoms with Gasteiger partial charge in [0.2, 0.25) is 0 Å². The van der Waals surface area contributed by atoms with Crippen molar-refractivity contribution in [3.63, 3.8) is 0 Å². The molecule has 0 amide bonds. The summed E-state index contributed by atoms with van der Waals surface area (Å²) in [4.78, 5) is 2.57. The van der Waals surface area contributed by atoms with Crippen molar-refractivity contribution in [1.82, 2.24) is 0 Å². The summed E-state index contributed by atoms with van der Waals surface area (Å²) in [5.74, 6) is 0. The summed E-state index contributed by atoms with van der Waals surface area (Å²) in [7, 11) is 0. The van der Waals surface area contributed by atoms with Gasteiger partial charge in [0.05, 0.1) is 16.8 Å². The van der Waals surface area contributed by atoms with Crippen molar-refractivity contribution >= 4 is 27.8 Å². The summed E-state index contributed by atoms with van der Waals surface area (Å²) < 4.78 is 0. The second-order valence-corrected chi connectivity index (χ2v) is 18.3. The van der Waals surface area contributed by atoms with E-state index in [1.54, 1.807) is 0 Å². The summed E-state index contributed by atoms with van der Waals surface area (Å²) in [6.45, 7) is 4.76. The monoisotopic (exact) mass is 799 g/mol. The Morgan fingerprint density at radius 3 is 1.43 bits per heavy atom. The van der Waals surface area contributed by atoms with Crippen LogP contribution in [0.5, 0.6) is 0 Å². The Morgan fingerprint density at radius 2 is 0.778 bits per heavy atom. The maximum atomic E-state index is 2.57. The minimum Gasteiger partial charge on any atom is -0.309 e. The summed E-state index contributed by atoms with van der Waals surface area (Å²) in [6.07, 6.45) is 0. The molecule has 0 N–H and O–H groups in total. The third-order valence-electron chi connectivity index (χ3n) is 15.0. The molecule has 0 aromatic heterocycles. The lowest BCUT2D eigenvalue weighted by atomic mass is 9.70. The molecule has 0 saturated heterocycles. The molecule has 0 atom stereocenters. The predicted molar refractivity (Wildman–Crippen MR) is 262 cm³/mol. The second kappa shape index (κ2) is 12.4. The number of nitrogens with zero attached hydrogens (tertiary/aromatic N) is 1. The fourth-order valence-corrected chi connectivity index (χ4v) is 12.4. The highest BCUT2D eigenvalue weighted by Gasteiger charge is 2.52. The minimum absolute atomic E-state index is 0.139. The van der Waals surface area contributed by atoms with Gasteiger partial charge in [0.1, 0.15) is 0 Å². The van der Waals surface area contributed by atoms with Crippen LogP contribution >= 0.6 is 0 Å². The Bertz CT molecular complexity index is 3560. The first kappa shape index (κ1) is 34.9. The molecule has 0 bridgehead atoms. The summed E-state index contributed by atoms with van der Waals surface area (Å²) in [5, 5.41) is 2.64. The van der Waals surface area contributed by atoms with E-state index in [1.165, 1.54) is 122 Å². The van der Waals surface area contributed by atoms with Crippen LogP contribution in [0, 0.1) is 0 Å². The quantitative estimate of drug-likeness (QED) is 0.171. The van der Waals surface area contributed by atoms with E-state index in [0.29, 0.717) is 0 Å². The van der Waals surface area contributed by atoms with Gasteiger partial charge < -0.3 is 4.90 Å². The molecule has 10 aromatic rings. The van der Waals surface area contributed by atoms with Gasteiger partial charge in [-0.2, -0.15) is 0 Å². The highest BCUT2D eigenvalue weighted by Crippen LogP contribution is 2.65. The number of benzene rings is 10. The van der Waals surface area contributed by atoms with Crippen LogP contribution in [0.15, 0.2) is 212 Å². The molecule has 0 unspecified atom stereocenters. The highest BCUT2D eigenvalue weighted by molar-refractivity contribution is 6.16. The maximum Gasteiger partial charge on any atom is 0.0726 e. The molecule has 1 nitrogen and oxygen atoms in total. The van der Waals surface area contributed by atoms with E-state index in [4.69, 9.17) is 0 Å². The fraction of sp³-hybridized carbons (Fsp3) is 0.0645. The number of fused-ring (bicyclic) bond motifs is 16. The Balaban J connectivity index is 1.02. The number of hydrogen-bond donors (Lipinski definition) is 0. The molecule has 0 aliphatic heterocycles. The molecule has 0 saturated carbocycles. The van der Waals surface area contributed by atoms with E-state index in [2.05, 4.69) is 231 Å². The lowest BCUT2D eigenvalue weighted by Crippen LogP contribution is -2.26. The molecule has 0 heterocycles. The molecular formula is C62H41N. The zero-order valence-corrected chi connectivity index (χ0v) is 35.2. The largest absolute Gasteiger partial charge is 0.309 e. The molecule has 0 fully saturated rings. The molecule has 1 spiro atoms. The minimum atomic E-state index is -0.437. The van der Waals surface area contributed by atoms with Gasteiger partial charge in [0.15, 0.2) is 0 Å². The van der Waals surface area contributed by atoms with Crippen LogP contribution in [0.4, 0.5) is 17.1 Å². The third kappa shape index (κ3) is 4.41. The lowest BCUT2D eigenvalue weighted by Gasteiger charge is -2.32. The Hall–Kier alpha value is -7.74. The number of anilines is 3. The van der Waals surface area contributed by atoms with Gasteiger partial charge in [0.25, 0.3) is 0 Å². The molecule has 294 valence electrons. The Labute approximate surface area is 368 Å². The third-order valence-corrected chi connectivity index (χ3v) is 15.0. The van der Waals surface area contributed by atoms with Crippen LogP contribution < -0.4 is 4.90 Å². The van der Waals surface area contributed by atoms with Crippen molar-refractivity contribution in [3.8, 4) is 66.8 Å². The molecule has 0 radical (unpaired) electrons. The van der Waals surface area contributed by atoms with Crippen molar-refractivity contribution in [2.45, 2.75) is 24.7 Å². The van der Waals surface area contributed by atoms with Crippen molar-refractivity contribution in [1.29, 1.82) is 0 Å². The van der Waals surface area contributed by atoms with Gasteiger partial charge in [-0.05, 0) is 136 Å². The van der Waals surface area contributed by atoms with Crippen LogP contribution in [0.1, 0.15) is 47.2 Å². The lowest BCUT2D eigenvalue weighted by molar-refractivity contribution is 0.660. The van der Waals surface area contributed by atoms with E-state index in [1.807, 2.05) is 0 Å². The molecule has 10 aromatic carbocycles. The van der Waals surface area contributed by atoms with Crippen LogP contribution in [0.3, 0.4) is 0 Å². The SMILES string of the molecule is CC1(C)c2ccccc2-c2c(N(c3ccc(-c4cc5c6c(cccc6c4)-c4ccccc4-5)cc3)c3cccc4c3-c3ccccc3C43c4ccccc4-c4ccccc43)cccc21. The van der Waals surface area contributed by atoms with Crippen LogP contribution in [0.25, 0.3) is 77.5 Å². The van der Waals surface area contributed by atoms with Crippen molar-refractivity contribution < 1.29 is 0 Å². The first-order valence-corrected chi connectivity index (χ1v) is 22.3. The van der Waals surface area contributed by atoms with Gasteiger partial charge >= 0.3 is 0 Å². The molecule has 4 aliphatic rings. The van der Waals surface area contributed by atoms with E-state index in [0.717, 1.165) is 5.69 Å². The van der Waals surface area contributed by atoms with Gasteiger partial charge in [-0.25, -0.2) is 0 Å². The van der Waals surface area contributed by atoms with Gasteiger partial charge in [-0.15, -0.1) is 0 Å². The molecule has 4 aliphatic carbocycles. The molecule has 63 heavy (non-hydrogen) atoms. The summed E-state index contributed by atoms with van der Waals surface area (Å²) >= 11 is 0. The van der Waals surface area contributed by atoms with Crippen molar-refractivity contribution in [3.05, 3.63) is 246 Å². The normalized spacial score (nSPS) is 14.4. The first-order chi connectivity index (χ1) is 31.0. The maximum absolute atomic E-state index is 2.57. The van der Waals surface area contributed by atoms with E-state index in [9.17, 15) is 0 Å². The standard InChI is InChI=1S/C62H41N/c1-61(2)50-24-9-7-21-47(50)59-54(61)28-14-30-56(59)63(41-34-32-38(33-35-41)40-36-39-16-13-23-46-42-17-3-4-18-43(42)49(37-40)58(39)46)57-31-15-29-55-60(57)48-22-8-12-27-53(48)62(55)51-25-10-5-19-44(51)45-20-6-11-26-52(45)62/h3-37H,1-2H3. The number of rotatable bonds is 4. The van der Waals surface area contributed by atoms with Gasteiger partial charge in [-0.1, -0.05) is 190 Å². The molecule has 1 heteroatoms. The fourth-order valence-electron chi connectivity index (χ4n) is 12.4. The zero-order valence-electron chi connectivity index (χ0n) is 35.2. The zero-order chi connectivity index (χ0) is 41.6. The van der Waals surface area contributed by atoms with Gasteiger partial charge in [0, 0.05) is 22.2 Å². The van der Waals surface area contributed by atoms with Gasteiger partial charge in [-0.3, -0.25) is 0 Å². The summed E-state index contributed by atoms with van der Waals surface area (Å²) in [5.41, 5.74) is 26.6. The average molecular weight is 800 g/mol. The Morgan fingerprint density at radius 1 is 0.317 bits per heavy atom. The average Bonchev–Trinajstić information content (AvgIpc) is 4.01. The van der Waals surface area contributed by atoms with E-state index in [-0.39, 0.29) is 5.41 Å². The summed E-state index contributed by atoms with van der Waals surface area (Å²) in [6, 6.07) is 80.2. The second-order valence-electron chi connectivity index (χ2n) is 18.3. The van der Waals surface area contributed by atoms with Crippen molar-refractivity contribution in [2.75, 3.05) is 4.90 Å². The predicted octanol–water partition coefficient (Wildman–Crippen LogP) is 16.3. The first-order valence-electron chi connectivity index (χ1n) is 22.3. The Kier molecular flexibility index (Phi) is 6.89. The van der Waals surface area contributed by atoms with Crippen molar-refractivity contribution in [2.24, 2.45) is 0 Å². The molecular weight excluding hydrogens is 759 g/mol. The molecule has 14 rings (SSSR count). The topological polar surface area (TPSA) is 3.24 Å².